The van der Waals surface area contributed by atoms with E-state index in [1.165, 1.54) is 0 Å². The van der Waals surface area contributed by atoms with Gasteiger partial charge in [0.05, 0.1) is 6.21 Å². The van der Waals surface area contributed by atoms with Crippen LogP contribution in [0, 0.1) is 0 Å². The molecule has 0 aliphatic heterocycles. The molecule has 0 saturated carbocycles. The average molecular weight is 269 g/mol. The molecule has 6 heteroatoms. The van der Waals surface area contributed by atoms with Crippen LogP contribution in [-0.4, -0.2) is 27.3 Å². The third-order valence-corrected chi connectivity index (χ3v) is 3.36. The van der Waals surface area contributed by atoms with E-state index >= 15 is 0 Å². The molecule has 0 unspecified atom stereocenters. The summed E-state index contributed by atoms with van der Waals surface area (Å²) in [6.45, 7) is 0. The summed E-state index contributed by atoms with van der Waals surface area (Å²) in [7, 11) is 0. The van der Waals surface area contributed by atoms with Crippen molar-refractivity contribution in [2.75, 3.05) is 0 Å². The first-order valence-electron chi connectivity index (χ1n) is 6.64. The van der Waals surface area contributed by atoms with Gasteiger partial charge in [0.2, 0.25) is 0 Å². The van der Waals surface area contributed by atoms with Crippen LogP contribution in [-0.2, 0) is 12.8 Å². The van der Waals surface area contributed by atoms with Crippen LogP contribution in [0.2, 0.25) is 0 Å². The number of carbonyl (C=O) groups is 1. The second kappa shape index (κ2) is 5.64. The minimum atomic E-state index is -0.269. The van der Waals surface area contributed by atoms with Gasteiger partial charge in [0, 0.05) is 23.7 Å². The molecule has 1 aliphatic carbocycles. The molecule has 20 heavy (non-hydrogen) atoms. The maximum absolute atomic E-state index is 12.0. The fourth-order valence-electron chi connectivity index (χ4n) is 2.34. The lowest BCUT2D eigenvalue weighted by atomic mass is 9.96. The van der Waals surface area contributed by atoms with E-state index < -0.39 is 0 Å². The summed E-state index contributed by atoms with van der Waals surface area (Å²) in [6, 6.07) is 3.62. The maximum Gasteiger partial charge on any atom is 0.292 e. The number of rotatable bonds is 3. The van der Waals surface area contributed by atoms with Gasteiger partial charge in [0.25, 0.3) is 5.91 Å². The summed E-state index contributed by atoms with van der Waals surface area (Å²) in [6.07, 6.45) is 9.06. The van der Waals surface area contributed by atoms with Gasteiger partial charge < -0.3 is 0 Å². The molecule has 0 fully saturated rings. The predicted octanol–water partition coefficient (Wildman–Crippen LogP) is 1.45. The van der Waals surface area contributed by atoms with Gasteiger partial charge in [-0.2, -0.15) is 10.2 Å². The molecule has 1 aliphatic rings. The van der Waals surface area contributed by atoms with Gasteiger partial charge in [-0.15, -0.1) is 0 Å². The summed E-state index contributed by atoms with van der Waals surface area (Å²) >= 11 is 0. The Bertz CT molecular complexity index is 632. The van der Waals surface area contributed by atoms with Gasteiger partial charge in [-0.3, -0.25) is 14.9 Å². The molecule has 0 spiro atoms. The molecule has 0 saturated heterocycles. The van der Waals surface area contributed by atoms with Gasteiger partial charge >= 0.3 is 0 Å². The minimum Gasteiger partial charge on any atom is -0.281 e. The normalized spacial score (nSPS) is 14.2. The third-order valence-electron chi connectivity index (χ3n) is 3.36. The molecular formula is C14H15N5O. The van der Waals surface area contributed by atoms with E-state index in [0.29, 0.717) is 5.69 Å². The first-order valence-corrected chi connectivity index (χ1v) is 6.64. The lowest BCUT2D eigenvalue weighted by Crippen LogP contribution is -2.20. The Morgan fingerprint density at radius 3 is 2.95 bits per heavy atom. The zero-order valence-corrected chi connectivity index (χ0v) is 11.0. The molecule has 0 bridgehead atoms. The Hall–Kier alpha value is -2.50. The van der Waals surface area contributed by atoms with E-state index in [4.69, 9.17) is 0 Å². The topological polar surface area (TPSA) is 83.0 Å². The van der Waals surface area contributed by atoms with Crippen molar-refractivity contribution in [3.05, 3.63) is 47.0 Å². The minimum absolute atomic E-state index is 0.269. The van der Waals surface area contributed by atoms with E-state index in [1.54, 1.807) is 18.6 Å². The maximum atomic E-state index is 12.0. The summed E-state index contributed by atoms with van der Waals surface area (Å²) in [5, 5.41) is 11.0. The number of hydrogen-bond acceptors (Lipinski definition) is 4. The number of amides is 1. The third kappa shape index (κ3) is 2.59. The number of aromatic amines is 1. The lowest BCUT2D eigenvalue weighted by molar-refractivity contribution is 0.0949. The number of pyridine rings is 1. The first-order chi connectivity index (χ1) is 9.84. The number of nitrogens with zero attached hydrogens (tertiary/aromatic N) is 3. The standard InChI is InChI=1S/C14H15N5O/c20-14(19-16-9-10-5-7-15-8-6-10)13-11-3-1-2-4-12(11)17-18-13/h5-9H,1-4H2,(H,17,18)(H,19,20). The van der Waals surface area contributed by atoms with E-state index in [0.717, 1.165) is 42.5 Å². The van der Waals surface area contributed by atoms with E-state index in [1.807, 2.05) is 12.1 Å². The number of hydrogen-bond donors (Lipinski definition) is 2. The molecule has 2 heterocycles. The number of aromatic nitrogens is 3. The highest BCUT2D eigenvalue weighted by Crippen LogP contribution is 2.21. The molecule has 3 rings (SSSR count). The largest absolute Gasteiger partial charge is 0.292 e. The highest BCUT2D eigenvalue weighted by molar-refractivity contribution is 5.94. The van der Waals surface area contributed by atoms with Crippen LogP contribution >= 0.6 is 0 Å². The summed E-state index contributed by atoms with van der Waals surface area (Å²) in [5.74, 6) is -0.269. The van der Waals surface area contributed by atoms with Crippen molar-refractivity contribution in [3.8, 4) is 0 Å². The molecule has 102 valence electrons. The molecule has 0 aromatic carbocycles. The van der Waals surface area contributed by atoms with Crippen molar-refractivity contribution < 1.29 is 4.79 Å². The van der Waals surface area contributed by atoms with Crippen molar-refractivity contribution in [2.45, 2.75) is 25.7 Å². The van der Waals surface area contributed by atoms with Gasteiger partial charge in [0.1, 0.15) is 0 Å². The summed E-state index contributed by atoms with van der Waals surface area (Å²) in [5.41, 5.74) is 5.97. The van der Waals surface area contributed by atoms with Crippen LogP contribution in [0.15, 0.2) is 29.6 Å². The second-order valence-electron chi connectivity index (χ2n) is 4.72. The Kier molecular flexibility index (Phi) is 3.54. The van der Waals surface area contributed by atoms with E-state index in [2.05, 4.69) is 25.7 Å². The van der Waals surface area contributed by atoms with Crippen LogP contribution in [0.25, 0.3) is 0 Å². The lowest BCUT2D eigenvalue weighted by Gasteiger charge is -2.10. The summed E-state index contributed by atoms with van der Waals surface area (Å²) < 4.78 is 0. The number of hydrazone groups is 1. The zero-order chi connectivity index (χ0) is 13.8. The van der Waals surface area contributed by atoms with Crippen molar-refractivity contribution in [2.24, 2.45) is 5.10 Å². The van der Waals surface area contributed by atoms with Crippen LogP contribution in [0.3, 0.4) is 0 Å². The van der Waals surface area contributed by atoms with Gasteiger partial charge in [-0.25, -0.2) is 5.43 Å². The van der Waals surface area contributed by atoms with E-state index in [-0.39, 0.29) is 5.91 Å². The Labute approximate surface area is 116 Å². The number of H-pyrrole nitrogens is 1. The van der Waals surface area contributed by atoms with E-state index in [9.17, 15) is 4.79 Å². The molecule has 0 radical (unpaired) electrons. The second-order valence-corrected chi connectivity index (χ2v) is 4.72. The molecule has 2 aromatic heterocycles. The first kappa shape index (κ1) is 12.5. The van der Waals surface area contributed by atoms with Gasteiger partial charge in [-0.05, 0) is 43.4 Å². The zero-order valence-electron chi connectivity index (χ0n) is 11.0. The van der Waals surface area contributed by atoms with Gasteiger partial charge in [0.15, 0.2) is 5.69 Å². The van der Waals surface area contributed by atoms with Gasteiger partial charge in [-0.1, -0.05) is 0 Å². The SMILES string of the molecule is O=C(NN=Cc1ccncc1)c1n[nH]c2c1CCCC2. The number of carbonyl (C=O) groups excluding carboxylic acids is 1. The smallest absolute Gasteiger partial charge is 0.281 e. The molecule has 0 atom stereocenters. The molecule has 6 nitrogen and oxygen atoms in total. The number of aryl methyl sites for hydroxylation is 1. The highest BCUT2D eigenvalue weighted by atomic mass is 16.2. The molecule has 1 amide bonds. The molecule has 2 aromatic rings. The highest BCUT2D eigenvalue weighted by Gasteiger charge is 2.21. The predicted molar refractivity (Wildman–Crippen MR) is 74.5 cm³/mol. The Morgan fingerprint density at radius 2 is 2.10 bits per heavy atom. The fourth-order valence-corrected chi connectivity index (χ4v) is 2.34. The summed E-state index contributed by atoms with van der Waals surface area (Å²) in [4.78, 5) is 16.0. The number of nitrogens with one attached hydrogen (secondary N) is 2. The quantitative estimate of drug-likeness (QED) is 0.653. The Balaban J connectivity index is 1.68. The van der Waals surface area contributed by atoms with Crippen LogP contribution in [0.5, 0.6) is 0 Å². The van der Waals surface area contributed by atoms with Crippen molar-refractivity contribution in [1.29, 1.82) is 0 Å². The van der Waals surface area contributed by atoms with Crippen molar-refractivity contribution >= 4 is 12.1 Å². The van der Waals surface area contributed by atoms with Crippen molar-refractivity contribution in [3.63, 3.8) is 0 Å². The average Bonchev–Trinajstić information content (AvgIpc) is 2.92. The van der Waals surface area contributed by atoms with Crippen molar-refractivity contribution in [1.82, 2.24) is 20.6 Å². The van der Waals surface area contributed by atoms with Crippen LogP contribution in [0.1, 0.15) is 40.2 Å². The van der Waals surface area contributed by atoms with Crippen LogP contribution in [0.4, 0.5) is 0 Å². The van der Waals surface area contributed by atoms with Crippen LogP contribution < -0.4 is 5.43 Å². The molecule has 2 N–H and O–H groups in total. The molecular weight excluding hydrogens is 254 g/mol. The Morgan fingerprint density at radius 1 is 1.30 bits per heavy atom. The monoisotopic (exact) mass is 269 g/mol. The number of fused-ring (bicyclic) bond motifs is 1. The fraction of sp³-hybridized carbons (Fsp3) is 0.286.